The summed E-state index contributed by atoms with van der Waals surface area (Å²) >= 11 is 0. The lowest BCUT2D eigenvalue weighted by molar-refractivity contribution is -0.0597. The van der Waals surface area contributed by atoms with E-state index in [1.165, 1.54) is 6.92 Å². The van der Waals surface area contributed by atoms with Gasteiger partial charge in [-0.15, -0.1) is 0 Å². The molecule has 0 saturated heterocycles. The molecule has 1 aromatic carbocycles. The van der Waals surface area contributed by atoms with Crippen LogP contribution in [0.3, 0.4) is 0 Å². The molecule has 10 heteroatoms. The van der Waals surface area contributed by atoms with Crippen LogP contribution in [0, 0.1) is 0 Å². The molecule has 0 spiro atoms. The van der Waals surface area contributed by atoms with Crippen molar-refractivity contribution in [3.05, 3.63) is 47.0 Å². The first-order valence-corrected chi connectivity index (χ1v) is 8.60. The first-order valence-electron chi connectivity index (χ1n) is 7.03. The molecule has 0 amide bonds. The van der Waals surface area contributed by atoms with Crippen LogP contribution in [-0.2, 0) is 14.4 Å². The van der Waals surface area contributed by atoms with Crippen molar-refractivity contribution in [3.8, 4) is 0 Å². The first-order chi connectivity index (χ1) is 11.5. The Labute approximate surface area is 141 Å². The van der Waals surface area contributed by atoms with Gasteiger partial charge >= 0.3 is 16.3 Å². The van der Waals surface area contributed by atoms with Gasteiger partial charge in [-0.05, 0) is 30.7 Å². The summed E-state index contributed by atoms with van der Waals surface area (Å²) in [5, 5.41) is 2.74. The number of hydrogen-bond donors (Lipinski definition) is 0. The number of carbonyl (C=O) groups excluding carboxylic acids is 2. The van der Waals surface area contributed by atoms with Crippen LogP contribution in [0.15, 0.2) is 35.5 Å². The lowest BCUT2D eigenvalue weighted by atomic mass is 9.92. The number of fused-ring (bicyclic) bond motifs is 1. The molecule has 1 aliphatic rings. The van der Waals surface area contributed by atoms with E-state index in [1.54, 1.807) is 0 Å². The maximum atomic E-state index is 13.2. The van der Waals surface area contributed by atoms with Crippen molar-refractivity contribution in [1.82, 2.24) is 0 Å². The highest BCUT2D eigenvalue weighted by atomic mass is 32.2. The number of benzene rings is 1. The average molecular weight is 375 g/mol. The molecule has 1 aliphatic carbocycles. The Hall–Kier alpha value is -2.49. The van der Waals surface area contributed by atoms with Crippen molar-refractivity contribution in [2.45, 2.75) is 19.5 Å². The highest BCUT2D eigenvalue weighted by Gasteiger charge is 2.39. The molecule has 134 valence electrons. The van der Waals surface area contributed by atoms with Crippen LogP contribution in [0.25, 0.3) is 0 Å². The van der Waals surface area contributed by atoms with Crippen molar-refractivity contribution in [1.29, 1.82) is 0 Å². The SMILES string of the molecule is CCCS(=O)(=O)ON=C(c1ccc2c(c1)C(=O)C=CC2=O)C(F)(F)F. The van der Waals surface area contributed by atoms with Gasteiger partial charge in [-0.2, -0.15) is 21.6 Å². The third kappa shape index (κ3) is 4.32. The molecular weight excluding hydrogens is 363 g/mol. The molecule has 1 aromatic rings. The zero-order valence-corrected chi connectivity index (χ0v) is 13.6. The molecule has 25 heavy (non-hydrogen) atoms. The minimum Gasteiger partial charge on any atom is -0.289 e. The summed E-state index contributed by atoms with van der Waals surface area (Å²) < 4.78 is 66.5. The third-order valence-electron chi connectivity index (χ3n) is 3.17. The van der Waals surface area contributed by atoms with E-state index in [2.05, 4.69) is 9.44 Å². The predicted octanol–water partition coefficient (Wildman–Crippen LogP) is 2.64. The van der Waals surface area contributed by atoms with Crippen molar-refractivity contribution >= 4 is 27.4 Å². The second-order valence-corrected chi connectivity index (χ2v) is 6.77. The number of oxime groups is 1. The quantitative estimate of drug-likeness (QED) is 0.583. The summed E-state index contributed by atoms with van der Waals surface area (Å²) in [4.78, 5) is 23.4. The number of ketones is 2. The number of nitrogens with zero attached hydrogens (tertiary/aromatic N) is 1. The standard InChI is InChI=1S/C15H12F3NO5S/c1-2-7-25(22,23)24-19-14(15(16,17)18)9-3-4-10-11(8-9)13(21)6-5-12(10)20/h3-6,8H,2,7H2,1H3. The molecule has 0 unspecified atom stereocenters. The fraction of sp³-hybridized carbons (Fsp3) is 0.267. The second kappa shape index (κ2) is 6.79. The molecule has 0 heterocycles. The maximum absolute atomic E-state index is 13.2. The summed E-state index contributed by atoms with van der Waals surface area (Å²) in [6.07, 6.45) is -2.93. The van der Waals surface area contributed by atoms with Crippen LogP contribution >= 0.6 is 0 Å². The van der Waals surface area contributed by atoms with Gasteiger partial charge in [-0.25, -0.2) is 0 Å². The Morgan fingerprint density at radius 1 is 1.12 bits per heavy atom. The normalized spacial score (nSPS) is 15.3. The van der Waals surface area contributed by atoms with Gasteiger partial charge in [-0.1, -0.05) is 18.1 Å². The van der Waals surface area contributed by atoms with E-state index in [4.69, 9.17) is 0 Å². The monoisotopic (exact) mass is 375 g/mol. The van der Waals surface area contributed by atoms with Gasteiger partial charge in [0.15, 0.2) is 17.3 Å². The zero-order chi connectivity index (χ0) is 18.8. The molecule has 0 fully saturated rings. The summed E-state index contributed by atoms with van der Waals surface area (Å²) in [7, 11) is -4.25. The Morgan fingerprint density at radius 2 is 1.72 bits per heavy atom. The zero-order valence-electron chi connectivity index (χ0n) is 12.8. The highest BCUT2D eigenvalue weighted by Crippen LogP contribution is 2.26. The molecule has 0 saturated carbocycles. The van der Waals surface area contributed by atoms with E-state index < -0.39 is 44.9 Å². The van der Waals surface area contributed by atoms with Crippen LogP contribution in [0.2, 0.25) is 0 Å². The fourth-order valence-corrected chi connectivity index (χ4v) is 2.85. The van der Waals surface area contributed by atoms with Crippen LogP contribution in [0.4, 0.5) is 13.2 Å². The van der Waals surface area contributed by atoms with E-state index in [1.807, 2.05) is 0 Å². The van der Waals surface area contributed by atoms with Crippen molar-refractivity contribution in [2.75, 3.05) is 5.75 Å². The van der Waals surface area contributed by atoms with Crippen LogP contribution in [0.5, 0.6) is 0 Å². The summed E-state index contributed by atoms with van der Waals surface area (Å²) in [5.74, 6) is -1.66. The average Bonchev–Trinajstić information content (AvgIpc) is 2.50. The van der Waals surface area contributed by atoms with Crippen LogP contribution in [-0.4, -0.2) is 37.6 Å². The lowest BCUT2D eigenvalue weighted by Gasteiger charge is -2.14. The molecule has 0 bridgehead atoms. The molecule has 6 nitrogen and oxygen atoms in total. The van der Waals surface area contributed by atoms with Crippen LogP contribution < -0.4 is 0 Å². The molecule has 0 aromatic heterocycles. The largest absolute Gasteiger partial charge is 0.437 e. The minimum absolute atomic E-state index is 0.0442. The lowest BCUT2D eigenvalue weighted by Crippen LogP contribution is -2.26. The number of halogens is 3. The van der Waals surface area contributed by atoms with E-state index in [-0.39, 0.29) is 17.5 Å². The Morgan fingerprint density at radius 3 is 2.28 bits per heavy atom. The Bertz CT molecular complexity index is 885. The summed E-state index contributed by atoms with van der Waals surface area (Å²) in [5.41, 5.74) is -2.48. The highest BCUT2D eigenvalue weighted by molar-refractivity contribution is 7.86. The van der Waals surface area contributed by atoms with Crippen molar-refractivity contribution < 1.29 is 35.5 Å². The Balaban J connectivity index is 2.49. The molecule has 0 N–H and O–H groups in total. The molecule has 2 rings (SSSR count). The maximum Gasteiger partial charge on any atom is 0.437 e. The van der Waals surface area contributed by atoms with Gasteiger partial charge in [0.05, 0.1) is 5.75 Å². The van der Waals surface area contributed by atoms with E-state index >= 15 is 0 Å². The minimum atomic E-state index is -5.03. The fourth-order valence-electron chi connectivity index (χ4n) is 2.09. The van der Waals surface area contributed by atoms with E-state index in [0.29, 0.717) is 0 Å². The predicted molar refractivity (Wildman–Crippen MR) is 82.0 cm³/mol. The number of alkyl halides is 3. The van der Waals surface area contributed by atoms with Crippen molar-refractivity contribution in [2.24, 2.45) is 5.16 Å². The summed E-state index contributed by atoms with van der Waals surface area (Å²) in [6.45, 7) is 1.51. The first kappa shape index (κ1) is 18.8. The molecule has 0 atom stereocenters. The van der Waals surface area contributed by atoms with Gasteiger partial charge < -0.3 is 0 Å². The van der Waals surface area contributed by atoms with Crippen LogP contribution in [0.1, 0.15) is 39.6 Å². The summed E-state index contributed by atoms with van der Waals surface area (Å²) in [6, 6.07) is 2.81. The van der Waals surface area contributed by atoms with Gasteiger partial charge in [0.25, 0.3) is 0 Å². The molecular formula is C15H12F3NO5S. The van der Waals surface area contributed by atoms with Gasteiger partial charge in [0.1, 0.15) is 0 Å². The number of allylic oxidation sites excluding steroid dienone is 2. The second-order valence-electron chi connectivity index (χ2n) is 5.10. The van der Waals surface area contributed by atoms with Gasteiger partial charge in [0.2, 0.25) is 0 Å². The molecule has 0 radical (unpaired) electrons. The van der Waals surface area contributed by atoms with E-state index in [9.17, 15) is 31.2 Å². The van der Waals surface area contributed by atoms with E-state index in [0.717, 1.165) is 30.4 Å². The van der Waals surface area contributed by atoms with Crippen molar-refractivity contribution in [3.63, 3.8) is 0 Å². The van der Waals surface area contributed by atoms with Gasteiger partial charge in [0, 0.05) is 16.7 Å². The van der Waals surface area contributed by atoms with Gasteiger partial charge in [-0.3, -0.25) is 13.9 Å². The smallest absolute Gasteiger partial charge is 0.289 e. The third-order valence-corrected chi connectivity index (χ3v) is 4.38. The Kier molecular flexibility index (Phi) is 5.12. The number of rotatable bonds is 5. The topological polar surface area (TPSA) is 89.9 Å². The number of carbonyl (C=O) groups is 2. The number of hydrogen-bond acceptors (Lipinski definition) is 6. The molecule has 0 aliphatic heterocycles.